The summed E-state index contributed by atoms with van der Waals surface area (Å²) in [5, 5.41) is 8.32. The van der Waals surface area contributed by atoms with E-state index in [1.54, 1.807) is 0 Å². The first kappa shape index (κ1) is 22.4. The van der Waals surface area contributed by atoms with E-state index in [0.717, 1.165) is 0 Å². The molecule has 5 rings (SSSR count). The van der Waals surface area contributed by atoms with E-state index in [0.29, 0.717) is 12.8 Å². The molecule has 0 radical (unpaired) electrons. The molecule has 2 atom stereocenters. The minimum Gasteiger partial charge on any atom is -0.691 e. The standard InChI is InChI=1S/C16H18F6O7S/c17-13(18)6-25-15(26-7-14(13,19)20)9-1-8-2-10(15)5-12(3-8,4-9)27-11(23)16(21,22)30-29-28-24/h8-10,24H,1-7H2/p-1. The SMILES string of the molecule is O=C(OC12CC3CC(C1)C1(OCC(F)(F)C(F)(F)CO1)C(C3)C2)C(F)(F)SOO[O-]. The van der Waals surface area contributed by atoms with Crippen LogP contribution in [0.3, 0.4) is 0 Å². The monoisotopic (exact) mass is 467 g/mol. The van der Waals surface area contributed by atoms with Crippen molar-refractivity contribution in [3.05, 3.63) is 0 Å². The van der Waals surface area contributed by atoms with Crippen LogP contribution in [0.2, 0.25) is 0 Å². The molecule has 0 N–H and O–H groups in total. The summed E-state index contributed by atoms with van der Waals surface area (Å²) in [5.41, 5.74) is -1.34. The summed E-state index contributed by atoms with van der Waals surface area (Å²) < 4.78 is 102. The molecule has 2 unspecified atom stereocenters. The third-order valence-electron chi connectivity index (χ3n) is 6.48. The maximum Gasteiger partial charge on any atom is 0.415 e. The van der Waals surface area contributed by atoms with Gasteiger partial charge in [-0.05, 0) is 38.0 Å². The normalized spacial score (nSPS) is 38.4. The molecule has 7 nitrogen and oxygen atoms in total. The summed E-state index contributed by atoms with van der Waals surface area (Å²) in [6, 6.07) is 0. The summed E-state index contributed by atoms with van der Waals surface area (Å²) >= 11 is -0.819. The van der Waals surface area contributed by atoms with Gasteiger partial charge in [-0.2, -0.15) is 30.7 Å². The number of carbonyl (C=O) groups is 1. The predicted octanol–water partition coefficient (Wildman–Crippen LogP) is 2.59. The maximum atomic E-state index is 13.8. The van der Waals surface area contributed by atoms with Crippen molar-refractivity contribution >= 4 is 18.0 Å². The highest BCUT2D eigenvalue weighted by molar-refractivity contribution is 7.96. The smallest absolute Gasteiger partial charge is 0.415 e. The number of hydrogen-bond donors (Lipinski definition) is 0. The zero-order chi connectivity index (χ0) is 22.0. The molecule has 30 heavy (non-hydrogen) atoms. The lowest BCUT2D eigenvalue weighted by Crippen LogP contribution is -2.66. The van der Waals surface area contributed by atoms with Gasteiger partial charge >= 0.3 is 23.1 Å². The van der Waals surface area contributed by atoms with E-state index in [-0.39, 0.29) is 25.2 Å². The third kappa shape index (κ3) is 3.48. The highest BCUT2D eigenvalue weighted by atomic mass is 32.2. The van der Waals surface area contributed by atoms with Gasteiger partial charge in [0.15, 0.2) is 5.79 Å². The van der Waals surface area contributed by atoms with Crippen molar-refractivity contribution in [2.45, 2.75) is 60.6 Å². The van der Waals surface area contributed by atoms with Gasteiger partial charge in [0, 0.05) is 11.8 Å². The van der Waals surface area contributed by atoms with E-state index < -0.39 is 71.5 Å². The number of esters is 1. The van der Waals surface area contributed by atoms with Gasteiger partial charge in [0.2, 0.25) is 0 Å². The fourth-order valence-electron chi connectivity index (χ4n) is 5.46. The van der Waals surface area contributed by atoms with Crippen LogP contribution in [0.15, 0.2) is 0 Å². The second-order valence-corrected chi connectivity index (χ2v) is 9.18. The number of ether oxygens (including phenoxy) is 3. The zero-order valence-corrected chi connectivity index (χ0v) is 16.0. The van der Waals surface area contributed by atoms with E-state index in [4.69, 9.17) is 14.2 Å². The summed E-state index contributed by atoms with van der Waals surface area (Å²) in [5.74, 6) is -14.0. The largest absolute Gasteiger partial charge is 0.691 e. The van der Waals surface area contributed by atoms with Crippen molar-refractivity contribution in [2.75, 3.05) is 13.2 Å². The third-order valence-corrected chi connectivity index (χ3v) is 6.98. The molecular weight excluding hydrogens is 450 g/mol. The van der Waals surface area contributed by atoms with Crippen LogP contribution in [0, 0.1) is 17.8 Å². The Labute approximate surface area is 170 Å². The Bertz CT molecular complexity index is 672. The molecule has 1 aliphatic heterocycles. The lowest BCUT2D eigenvalue weighted by molar-refractivity contribution is -0.777. The number of alkyl halides is 6. The second kappa shape index (κ2) is 7.10. The summed E-state index contributed by atoms with van der Waals surface area (Å²) in [6.45, 7) is -3.07. The number of hydrogen-bond acceptors (Lipinski definition) is 8. The Balaban J connectivity index is 1.53. The second-order valence-electron chi connectivity index (χ2n) is 8.36. The molecule has 14 heteroatoms. The lowest BCUT2D eigenvalue weighted by Gasteiger charge is -2.63. The molecule has 5 aliphatic rings. The first-order chi connectivity index (χ1) is 13.8. The van der Waals surface area contributed by atoms with Crippen molar-refractivity contribution in [3.8, 4) is 0 Å². The molecule has 1 heterocycles. The summed E-state index contributed by atoms with van der Waals surface area (Å²) in [6.07, 6.45) is 0.884. The molecule has 5 fully saturated rings. The van der Waals surface area contributed by atoms with Crippen molar-refractivity contribution in [1.82, 2.24) is 0 Å². The van der Waals surface area contributed by atoms with Gasteiger partial charge in [0.1, 0.15) is 30.9 Å². The molecule has 1 saturated heterocycles. The van der Waals surface area contributed by atoms with E-state index in [1.165, 1.54) is 0 Å². The Morgan fingerprint density at radius 1 is 1.00 bits per heavy atom. The van der Waals surface area contributed by atoms with Crippen LogP contribution in [-0.4, -0.2) is 47.7 Å². The van der Waals surface area contributed by atoms with Crippen molar-refractivity contribution in [2.24, 2.45) is 17.8 Å². The molecule has 0 aromatic carbocycles. The molecule has 0 aromatic heterocycles. The minimum absolute atomic E-state index is 0.0669. The number of halogens is 6. The van der Waals surface area contributed by atoms with Gasteiger partial charge in [-0.3, -0.25) is 5.04 Å². The molecule has 1 spiro atoms. The topological polar surface area (TPSA) is 86.3 Å². The fourth-order valence-corrected chi connectivity index (χ4v) is 5.68. The van der Waals surface area contributed by atoms with Gasteiger partial charge in [-0.15, -0.1) is 0 Å². The molecule has 4 aliphatic carbocycles. The van der Waals surface area contributed by atoms with Crippen molar-refractivity contribution in [1.29, 1.82) is 0 Å². The van der Waals surface area contributed by atoms with Crippen molar-refractivity contribution < 1.29 is 60.0 Å². The van der Waals surface area contributed by atoms with E-state index in [1.807, 2.05) is 0 Å². The highest BCUT2D eigenvalue weighted by Gasteiger charge is 2.70. The minimum atomic E-state index is -4.42. The fraction of sp³-hybridized carbons (Fsp3) is 0.938. The molecular formula is C16H17F6O7S-. The quantitative estimate of drug-likeness (QED) is 0.201. The van der Waals surface area contributed by atoms with Crippen LogP contribution in [-0.2, 0) is 28.4 Å². The zero-order valence-electron chi connectivity index (χ0n) is 15.2. The Morgan fingerprint density at radius 2 is 1.53 bits per heavy atom. The van der Waals surface area contributed by atoms with Crippen molar-refractivity contribution in [3.63, 3.8) is 0 Å². The van der Waals surface area contributed by atoms with Crippen LogP contribution in [0.25, 0.3) is 0 Å². The van der Waals surface area contributed by atoms with Gasteiger partial charge in [0.05, 0.1) is 0 Å². The molecule has 4 bridgehead atoms. The average molecular weight is 467 g/mol. The number of rotatable bonds is 5. The number of carbonyl (C=O) groups excluding carboxylic acids is 1. The van der Waals surface area contributed by atoms with Crippen LogP contribution < -0.4 is 5.26 Å². The Morgan fingerprint density at radius 3 is 2.03 bits per heavy atom. The van der Waals surface area contributed by atoms with E-state index >= 15 is 0 Å². The van der Waals surface area contributed by atoms with Crippen LogP contribution >= 0.6 is 12.0 Å². The molecule has 4 saturated carbocycles. The van der Waals surface area contributed by atoms with Gasteiger partial charge in [-0.1, -0.05) is 0 Å². The lowest BCUT2D eigenvalue weighted by atomic mass is 9.51. The summed E-state index contributed by atoms with van der Waals surface area (Å²) in [7, 11) is 0. The molecule has 0 aromatic rings. The predicted molar refractivity (Wildman–Crippen MR) is 81.6 cm³/mol. The van der Waals surface area contributed by atoms with E-state index in [2.05, 4.69) is 9.37 Å². The maximum absolute atomic E-state index is 13.8. The summed E-state index contributed by atoms with van der Waals surface area (Å²) in [4.78, 5) is 12.0. The average Bonchev–Trinajstić information content (AvgIpc) is 2.73. The Kier molecular flexibility index (Phi) is 5.30. The van der Waals surface area contributed by atoms with E-state index in [9.17, 15) is 36.4 Å². The first-order valence-electron chi connectivity index (χ1n) is 9.14. The highest BCUT2D eigenvalue weighted by Crippen LogP contribution is 2.64. The van der Waals surface area contributed by atoms with Gasteiger partial charge in [0.25, 0.3) is 0 Å². The molecule has 172 valence electrons. The van der Waals surface area contributed by atoms with Gasteiger partial charge < -0.3 is 19.5 Å². The Hall–Kier alpha value is -0.800. The first-order valence-corrected chi connectivity index (χ1v) is 9.88. The van der Waals surface area contributed by atoms with Crippen LogP contribution in [0.1, 0.15) is 32.1 Å². The molecule has 0 amide bonds. The van der Waals surface area contributed by atoms with Crippen LogP contribution in [0.4, 0.5) is 26.3 Å². The van der Waals surface area contributed by atoms with Gasteiger partial charge in [-0.25, -0.2) is 4.79 Å². The van der Waals surface area contributed by atoms with Crippen LogP contribution in [0.5, 0.6) is 0 Å².